The summed E-state index contributed by atoms with van der Waals surface area (Å²) in [5.74, 6) is -1.15. The molecule has 10 N–H and O–H groups in total. The van der Waals surface area contributed by atoms with Crippen LogP contribution in [0.3, 0.4) is 0 Å². The number of methoxy groups -OCH3 is 2. The van der Waals surface area contributed by atoms with Gasteiger partial charge < -0.3 is 71.4 Å². The zero-order valence-corrected chi connectivity index (χ0v) is 61.2. The van der Waals surface area contributed by atoms with Crippen LogP contribution in [0.5, 0.6) is 0 Å². The maximum absolute atomic E-state index is 14.6. The fourth-order valence-electron chi connectivity index (χ4n) is 12.2. The van der Waals surface area contributed by atoms with Crippen LogP contribution in [0.1, 0.15) is 122 Å². The first-order chi connectivity index (χ1) is 46.3. The second kappa shape index (κ2) is 42.1. The van der Waals surface area contributed by atoms with Gasteiger partial charge >= 0.3 is 0 Å². The van der Waals surface area contributed by atoms with E-state index < -0.39 is 29.0 Å². The van der Waals surface area contributed by atoms with Crippen LogP contribution in [-0.4, -0.2) is 198 Å². The smallest absolute Gasteiger partial charge is 0.251 e. The minimum Gasteiger partial charge on any atom is -0.397 e. The molecule has 1 saturated carbocycles. The normalized spacial score (nSPS) is 18.6. The third kappa shape index (κ3) is 26.8. The van der Waals surface area contributed by atoms with E-state index in [0.717, 1.165) is 48.1 Å². The van der Waals surface area contributed by atoms with E-state index in [1.165, 1.54) is 11.6 Å². The van der Waals surface area contributed by atoms with Gasteiger partial charge in [-0.3, -0.25) is 38.5 Å². The number of nitrogens with zero attached hydrogens (tertiary/aromatic N) is 2. The summed E-state index contributed by atoms with van der Waals surface area (Å²) in [5, 5.41) is 14.9. The lowest BCUT2D eigenvalue weighted by atomic mass is 9.77. The number of thioether (sulfide) groups is 1. The molecule has 0 spiro atoms. The molecule has 0 radical (unpaired) electrons. The first-order valence-corrected chi connectivity index (χ1v) is 35.5. The van der Waals surface area contributed by atoms with E-state index in [2.05, 4.69) is 64.1 Å². The molecular formula is C72H112N10O13S2. The van der Waals surface area contributed by atoms with E-state index in [1.54, 1.807) is 62.1 Å². The molecule has 2 aliphatic rings. The highest BCUT2D eigenvalue weighted by molar-refractivity contribution is 8.07. The number of anilines is 3. The van der Waals surface area contributed by atoms with Gasteiger partial charge in [0.2, 0.25) is 29.5 Å². The molecule has 11 atom stereocenters. The van der Waals surface area contributed by atoms with Gasteiger partial charge in [0.15, 0.2) is 0 Å². The minimum absolute atomic E-state index is 0.0527. The second-order valence-corrected chi connectivity index (χ2v) is 28.2. The van der Waals surface area contributed by atoms with E-state index in [1.807, 2.05) is 91.0 Å². The number of thiocarbonyl (C=S) groups is 1. The maximum Gasteiger partial charge on any atom is 0.251 e. The predicted octanol–water partition coefficient (Wildman–Crippen LogP) is 7.52. The van der Waals surface area contributed by atoms with Crippen LogP contribution in [0.25, 0.3) is 0 Å². The number of ether oxygens (including phenoxy) is 6. The number of hydroxylamine groups is 1. The molecule has 0 bridgehead atoms. The molecule has 97 heavy (non-hydrogen) atoms. The van der Waals surface area contributed by atoms with Gasteiger partial charge in [0.05, 0.1) is 107 Å². The van der Waals surface area contributed by atoms with Crippen molar-refractivity contribution < 1.29 is 62.0 Å². The Labute approximate surface area is 585 Å². The summed E-state index contributed by atoms with van der Waals surface area (Å²) in [5.41, 5.74) is 19.7. The Hall–Kier alpha value is -6.10. The van der Waals surface area contributed by atoms with Gasteiger partial charge in [-0.05, 0) is 124 Å². The van der Waals surface area contributed by atoms with E-state index in [4.69, 9.17) is 56.9 Å². The van der Waals surface area contributed by atoms with Crippen LogP contribution in [0, 0.1) is 29.6 Å². The lowest BCUT2D eigenvalue weighted by Crippen LogP contribution is -2.59. The van der Waals surface area contributed by atoms with Crippen molar-refractivity contribution in [2.75, 3.05) is 117 Å². The number of benzene rings is 3. The van der Waals surface area contributed by atoms with Crippen molar-refractivity contribution in [3.05, 3.63) is 101 Å². The Morgan fingerprint density at radius 2 is 1.38 bits per heavy atom. The summed E-state index contributed by atoms with van der Waals surface area (Å²) in [4.78, 5) is 90.5. The van der Waals surface area contributed by atoms with Gasteiger partial charge in [0.25, 0.3) is 5.91 Å². The highest BCUT2D eigenvalue weighted by Gasteiger charge is 2.53. The molecule has 1 unspecified atom stereocenters. The second-order valence-electron chi connectivity index (χ2n) is 26.4. The van der Waals surface area contributed by atoms with Gasteiger partial charge in [-0.25, -0.2) is 0 Å². The lowest BCUT2D eigenvalue weighted by Gasteiger charge is -2.40. The molecular weight excluding hydrogens is 1280 g/mol. The van der Waals surface area contributed by atoms with Gasteiger partial charge in [0, 0.05) is 62.5 Å². The molecule has 23 nitrogen and oxygen atoms in total. The number of amides is 6. The Morgan fingerprint density at radius 1 is 0.742 bits per heavy atom. The number of nitrogen functional groups attached to an aromatic ring is 2. The van der Waals surface area contributed by atoms with Crippen LogP contribution >= 0.6 is 24.0 Å². The highest BCUT2D eigenvalue weighted by atomic mass is 32.2. The maximum atomic E-state index is 14.6. The molecule has 540 valence electrons. The molecule has 25 heteroatoms. The first-order valence-electron chi connectivity index (χ1n) is 34.1. The fraction of sp³-hybridized carbons (Fsp3) is 0.625. The van der Waals surface area contributed by atoms with Crippen LogP contribution in [-0.2, 0) is 70.3 Å². The van der Waals surface area contributed by atoms with Crippen molar-refractivity contribution in [1.82, 2.24) is 36.5 Å². The van der Waals surface area contributed by atoms with Crippen LogP contribution in [0.4, 0.5) is 17.1 Å². The van der Waals surface area contributed by atoms with E-state index in [0.29, 0.717) is 87.4 Å². The Kier molecular flexibility index (Phi) is 35.4. The highest BCUT2D eigenvalue weighted by Crippen LogP contribution is 2.46. The molecule has 1 heterocycles. The first kappa shape index (κ1) is 81.6. The van der Waals surface area contributed by atoms with Gasteiger partial charge in [0.1, 0.15) is 17.0 Å². The van der Waals surface area contributed by atoms with Gasteiger partial charge in [-0.1, -0.05) is 115 Å². The van der Waals surface area contributed by atoms with Gasteiger partial charge in [-0.15, -0.1) is 11.8 Å². The molecule has 3 aromatic rings. The van der Waals surface area contributed by atoms with E-state index in [-0.39, 0.29) is 110 Å². The molecule has 6 amide bonds. The minimum atomic E-state index is -0.800. The number of likely N-dealkylation sites (N-methyl/N-ethyl adjacent to an activating group) is 2. The Balaban J connectivity index is 1.04. The number of carbonyl (C=O) groups excluding carboxylic acids is 6. The van der Waals surface area contributed by atoms with Gasteiger partial charge in [-0.2, -0.15) is 5.48 Å². The molecule has 2 fully saturated rings. The Bertz CT molecular complexity index is 2970. The molecule has 1 aliphatic heterocycles. The van der Waals surface area contributed by atoms with Crippen molar-refractivity contribution in [2.45, 2.75) is 161 Å². The molecule has 5 rings (SSSR count). The molecule has 1 aliphatic carbocycles. The van der Waals surface area contributed by atoms with Crippen LogP contribution in [0.15, 0.2) is 84.4 Å². The summed E-state index contributed by atoms with van der Waals surface area (Å²) in [6.07, 6.45) is 6.62. The number of hydrogen-bond acceptors (Lipinski definition) is 19. The molecule has 1 saturated heterocycles. The van der Waals surface area contributed by atoms with Crippen LogP contribution < -0.4 is 43.5 Å². The van der Waals surface area contributed by atoms with E-state index in [9.17, 15) is 28.8 Å². The Morgan fingerprint density at radius 3 is 1.96 bits per heavy atom. The van der Waals surface area contributed by atoms with Crippen molar-refractivity contribution in [3.8, 4) is 0 Å². The number of hydrogen-bond donors (Lipinski definition) is 8. The third-order valence-corrected chi connectivity index (χ3v) is 19.5. The van der Waals surface area contributed by atoms with Crippen molar-refractivity contribution in [1.29, 1.82) is 0 Å². The molecule has 3 aromatic carbocycles. The summed E-state index contributed by atoms with van der Waals surface area (Å²) >= 11 is 7.80. The topological polar surface area (TPSA) is 298 Å². The third-order valence-electron chi connectivity index (χ3n) is 18.0. The fourth-order valence-corrected chi connectivity index (χ4v) is 13.5. The lowest BCUT2D eigenvalue weighted by molar-refractivity contribution is -0.143. The van der Waals surface area contributed by atoms with E-state index >= 15 is 0 Å². The van der Waals surface area contributed by atoms with Crippen molar-refractivity contribution >= 4 is 81.3 Å². The van der Waals surface area contributed by atoms with Crippen LogP contribution in [0.2, 0.25) is 0 Å². The summed E-state index contributed by atoms with van der Waals surface area (Å²) in [7, 11) is 8.92. The predicted molar refractivity (Wildman–Crippen MR) is 386 cm³/mol. The number of nitrogens with one attached hydrogen (secondary N) is 6. The molecule has 0 aromatic heterocycles. The number of allylic oxidation sites excluding steroid dienone is 2. The number of rotatable bonds is 45. The van der Waals surface area contributed by atoms with Crippen molar-refractivity contribution in [2.24, 2.45) is 29.6 Å². The average molecular weight is 1390 g/mol. The average Bonchev–Trinajstić information content (AvgIpc) is 1.64. The quantitative estimate of drug-likeness (QED) is 0.00678. The monoisotopic (exact) mass is 1390 g/mol. The van der Waals surface area contributed by atoms with Crippen molar-refractivity contribution in [3.63, 3.8) is 0 Å². The summed E-state index contributed by atoms with van der Waals surface area (Å²) in [6.45, 7) is 18.8. The SMILES string of the molecule is CC[C@H](C)[C@@H]([C@@H](CC(=S)/C=C1\CCC[C@@H]([C@H](OC)[C@@H](C)C(=O)N[C@@H](Cc2ccccc2)C2(NOCc3ccc(NC(=O)[C@@H](C)NC(=O)CCOCCOCCOCCOCCNC(=O)c4ccc(N)c(N)c4)cc3)CS2)C1)OC)N(C)C(=O)[C@@H](NC(=O)[C@H](C(C)C)N(C)C)C(C)C. The summed E-state index contributed by atoms with van der Waals surface area (Å²) < 4.78 is 34.5. The summed E-state index contributed by atoms with van der Waals surface area (Å²) in [6, 6.07) is 19.5. The number of nitrogens with two attached hydrogens (primary N) is 2. The largest absolute Gasteiger partial charge is 0.397 e. The zero-order valence-electron chi connectivity index (χ0n) is 59.5. The standard InChI is InChI=1S/C72H112N10O13S2/c1-14-48(6)65(82(11)71(88)63(46(2)3)79-70(87)64(47(4)5)81(9)10)60(89-12)43-57(96)40-53-21-18-22-54(39-53)66(90-13)49(7)67(84)78-61(41-51-19-16-15-17-20-51)72(45-97-72)80-95-44-52-23-26-56(27-24-52)77-68(85)50(8)76-62(83)29-31-91-33-35-93-37-38-94-36-34-92-32-30-75-69(86)55-25-28-58(73)59(74)42-55/h15-17,19-20,23-28,40,42,46-50,54,60-61,63-66,80H,14,18,21-22,29-39,41,43-45,73-74H2,1-13H3,(H,75,86)(H,76,83)(H,77,85)(H,78,84)(H,79,87)/b53-40+/t48-,49+,50+,54+,60+,61-,63-,64-,65-,66+,72?/m0/s1. The number of carbonyl (C=O) groups is 6. The zero-order chi connectivity index (χ0) is 71.2.